The van der Waals surface area contributed by atoms with Gasteiger partial charge in [-0.1, -0.05) is 32.9 Å². The molecule has 180 valence electrons. The zero-order valence-electron chi connectivity index (χ0n) is 19.6. The molecule has 4 aliphatic rings. The van der Waals surface area contributed by atoms with E-state index < -0.39 is 41.9 Å². The number of esters is 1. The van der Waals surface area contributed by atoms with E-state index in [1.54, 1.807) is 25.4 Å². The summed E-state index contributed by atoms with van der Waals surface area (Å²) in [5.41, 5.74) is -0.669. The Balaban J connectivity index is 1.65. The maximum Gasteiger partial charge on any atom is 0.358 e. The number of nitrogens with zero attached hydrogens (tertiary/aromatic N) is 1. The summed E-state index contributed by atoms with van der Waals surface area (Å²) in [4.78, 5) is 17.8. The van der Waals surface area contributed by atoms with Crippen molar-refractivity contribution in [3.63, 3.8) is 0 Å². The number of carbonyl (C=O) groups excluding carboxylic acids is 1. The highest BCUT2D eigenvalue weighted by Crippen LogP contribution is 2.72. The van der Waals surface area contributed by atoms with Crippen molar-refractivity contribution >= 4 is 17.3 Å². The first kappa shape index (κ1) is 23.2. The molecule has 1 aromatic heterocycles. The molecule has 0 saturated heterocycles. The number of thiazole rings is 1. The fraction of sp³-hybridized carbons (Fsp3) is 0.680. The Labute approximate surface area is 197 Å². The van der Waals surface area contributed by atoms with Crippen molar-refractivity contribution in [1.82, 2.24) is 4.98 Å². The summed E-state index contributed by atoms with van der Waals surface area (Å²) in [6, 6.07) is 0. The Hall–Kier alpha value is -1.58. The van der Waals surface area contributed by atoms with Gasteiger partial charge in [0.15, 0.2) is 11.8 Å². The summed E-state index contributed by atoms with van der Waals surface area (Å²) in [5.74, 6) is -0.676. The largest absolute Gasteiger partial charge is 0.450 e. The summed E-state index contributed by atoms with van der Waals surface area (Å²) in [6.45, 7) is 9.44. The highest BCUT2D eigenvalue weighted by molar-refractivity contribution is 7.09. The van der Waals surface area contributed by atoms with Crippen molar-refractivity contribution < 1.29 is 30.0 Å². The third-order valence-corrected chi connectivity index (χ3v) is 10.1. The first-order valence-corrected chi connectivity index (χ1v) is 12.5. The van der Waals surface area contributed by atoms with Crippen LogP contribution in [0.3, 0.4) is 0 Å². The standard InChI is InChI=1S/C25H33NO6S/c1-11-8-24-12(2)6-16-17(23(16,4)5)15(20(24)29)7-14(9-27)19(28)25(24,31)21(11)32-22(30)18-13(3)33-10-26-18/h7-8,10,12,15-17,19-21,27-29,31H,6,9H2,1-5H3/t12-,15+,16-,17+,19-,20?,21+,24+,25+/m1/s1. The predicted octanol–water partition coefficient (Wildman–Crippen LogP) is 2.24. The van der Waals surface area contributed by atoms with Crippen LogP contribution in [0.15, 0.2) is 28.8 Å². The van der Waals surface area contributed by atoms with Gasteiger partial charge in [0.2, 0.25) is 0 Å². The Bertz CT molecular complexity index is 1060. The van der Waals surface area contributed by atoms with E-state index >= 15 is 0 Å². The zero-order chi connectivity index (χ0) is 24.1. The topological polar surface area (TPSA) is 120 Å². The van der Waals surface area contributed by atoms with Crippen molar-refractivity contribution in [2.45, 2.75) is 65.0 Å². The van der Waals surface area contributed by atoms with Crippen molar-refractivity contribution in [2.75, 3.05) is 6.61 Å². The molecular weight excluding hydrogens is 442 g/mol. The fourth-order valence-corrected chi connectivity index (χ4v) is 8.13. The third-order valence-electron chi connectivity index (χ3n) is 9.32. The maximum atomic E-state index is 13.0. The van der Waals surface area contributed by atoms with Gasteiger partial charge in [-0.05, 0) is 54.6 Å². The second kappa shape index (κ2) is 7.21. The molecule has 1 heterocycles. The van der Waals surface area contributed by atoms with Gasteiger partial charge in [0, 0.05) is 10.8 Å². The first-order chi connectivity index (χ1) is 15.4. The van der Waals surface area contributed by atoms with Crippen LogP contribution < -0.4 is 0 Å². The molecule has 33 heavy (non-hydrogen) atoms. The number of aryl methyl sites for hydroxylation is 1. The normalized spacial score (nSPS) is 45.2. The molecule has 2 bridgehead atoms. The van der Waals surface area contributed by atoms with Crippen LogP contribution in [0.2, 0.25) is 0 Å². The Kier molecular flexibility index (Phi) is 5.07. The number of ether oxygens (including phenoxy) is 1. The highest BCUT2D eigenvalue weighted by Gasteiger charge is 2.76. The fourth-order valence-electron chi connectivity index (χ4n) is 7.57. The van der Waals surface area contributed by atoms with Crippen LogP contribution in [0.4, 0.5) is 0 Å². The predicted molar refractivity (Wildman–Crippen MR) is 122 cm³/mol. The van der Waals surface area contributed by atoms with Crippen LogP contribution in [0, 0.1) is 41.4 Å². The molecule has 9 atom stereocenters. The summed E-state index contributed by atoms with van der Waals surface area (Å²) in [5, 5.41) is 46.0. The minimum atomic E-state index is -2.03. The molecule has 4 aliphatic carbocycles. The third kappa shape index (κ3) is 2.76. The zero-order valence-corrected chi connectivity index (χ0v) is 20.5. The second-order valence-corrected chi connectivity index (χ2v) is 12.2. The average Bonchev–Trinajstić information content (AvgIpc) is 3.02. The van der Waals surface area contributed by atoms with Crippen LogP contribution in [0.5, 0.6) is 0 Å². The number of hydrogen-bond acceptors (Lipinski definition) is 8. The van der Waals surface area contributed by atoms with Gasteiger partial charge in [-0.25, -0.2) is 9.78 Å². The van der Waals surface area contributed by atoms with E-state index in [9.17, 15) is 25.2 Å². The molecule has 4 N–H and O–H groups in total. The maximum absolute atomic E-state index is 13.0. The van der Waals surface area contributed by atoms with Gasteiger partial charge in [0.25, 0.3) is 0 Å². The summed E-state index contributed by atoms with van der Waals surface area (Å²) in [7, 11) is 0. The number of aliphatic hydroxyl groups excluding tert-OH is 3. The van der Waals surface area contributed by atoms with Gasteiger partial charge in [-0.2, -0.15) is 0 Å². The Morgan fingerprint density at radius 3 is 2.61 bits per heavy atom. The molecule has 0 amide bonds. The molecule has 1 spiro atoms. The molecule has 5 rings (SSSR count). The minimum Gasteiger partial charge on any atom is -0.450 e. The van der Waals surface area contributed by atoms with E-state index in [0.29, 0.717) is 16.4 Å². The molecule has 1 unspecified atom stereocenters. The van der Waals surface area contributed by atoms with E-state index in [0.717, 1.165) is 6.42 Å². The van der Waals surface area contributed by atoms with Crippen LogP contribution in [0.25, 0.3) is 0 Å². The Morgan fingerprint density at radius 2 is 2.00 bits per heavy atom. The molecule has 0 aliphatic heterocycles. The van der Waals surface area contributed by atoms with Crippen LogP contribution in [0.1, 0.15) is 49.5 Å². The molecule has 2 saturated carbocycles. The van der Waals surface area contributed by atoms with E-state index in [1.165, 1.54) is 11.3 Å². The Morgan fingerprint density at radius 1 is 1.30 bits per heavy atom. The molecule has 1 aromatic rings. The lowest BCUT2D eigenvalue weighted by molar-refractivity contribution is -0.215. The highest BCUT2D eigenvalue weighted by atomic mass is 32.1. The average molecular weight is 476 g/mol. The van der Waals surface area contributed by atoms with Crippen LogP contribution in [-0.4, -0.2) is 61.9 Å². The van der Waals surface area contributed by atoms with E-state index in [4.69, 9.17) is 4.74 Å². The van der Waals surface area contributed by atoms with Gasteiger partial charge < -0.3 is 25.2 Å². The first-order valence-electron chi connectivity index (χ1n) is 11.6. The lowest BCUT2D eigenvalue weighted by atomic mass is 9.58. The monoisotopic (exact) mass is 475 g/mol. The minimum absolute atomic E-state index is 0.0252. The summed E-state index contributed by atoms with van der Waals surface area (Å²) in [6.07, 6.45) is 0.673. The van der Waals surface area contributed by atoms with Crippen molar-refractivity contribution in [3.05, 3.63) is 39.4 Å². The molecular formula is C25H33NO6S. The number of rotatable bonds is 3. The van der Waals surface area contributed by atoms with Crippen LogP contribution in [-0.2, 0) is 4.74 Å². The number of fused-ring (bicyclic) bond motifs is 3. The number of aromatic nitrogens is 1. The smallest absolute Gasteiger partial charge is 0.358 e. The quantitative estimate of drug-likeness (QED) is 0.391. The molecule has 0 radical (unpaired) electrons. The van der Waals surface area contributed by atoms with Gasteiger partial charge in [-0.15, -0.1) is 11.3 Å². The van der Waals surface area contributed by atoms with Crippen molar-refractivity contribution in [1.29, 1.82) is 0 Å². The van der Waals surface area contributed by atoms with E-state index in [1.807, 2.05) is 13.0 Å². The lowest BCUT2D eigenvalue weighted by Crippen LogP contribution is -2.66. The number of carbonyl (C=O) groups is 1. The van der Waals surface area contributed by atoms with Gasteiger partial charge >= 0.3 is 5.97 Å². The summed E-state index contributed by atoms with van der Waals surface area (Å²) < 4.78 is 5.85. The lowest BCUT2D eigenvalue weighted by Gasteiger charge is -2.52. The SMILES string of the molecule is CC1=C[C@]23C(O)[C@@H](C=C(CO)[C@@H](O)[C@]2(O)[C@H]1OC(=O)c1ncsc1C)[C@H]1[C@@H](C[C@H]3C)C1(C)C. The molecule has 8 heteroatoms. The molecule has 7 nitrogen and oxygen atoms in total. The van der Waals surface area contributed by atoms with Crippen molar-refractivity contribution in [3.8, 4) is 0 Å². The summed E-state index contributed by atoms with van der Waals surface area (Å²) >= 11 is 1.32. The van der Waals surface area contributed by atoms with Crippen molar-refractivity contribution in [2.24, 2.45) is 34.5 Å². The van der Waals surface area contributed by atoms with E-state index in [-0.39, 0.29) is 34.4 Å². The number of aliphatic hydroxyl groups is 4. The van der Waals surface area contributed by atoms with Gasteiger partial charge in [0.1, 0.15) is 11.7 Å². The second-order valence-electron chi connectivity index (χ2n) is 11.1. The molecule has 0 aromatic carbocycles. The number of hydrogen-bond donors (Lipinski definition) is 4. The van der Waals surface area contributed by atoms with Gasteiger partial charge in [0.05, 0.1) is 23.6 Å². The van der Waals surface area contributed by atoms with E-state index in [2.05, 4.69) is 18.8 Å². The van der Waals surface area contributed by atoms with Crippen LogP contribution >= 0.6 is 11.3 Å². The molecule has 2 fully saturated rings. The van der Waals surface area contributed by atoms with Gasteiger partial charge in [-0.3, -0.25) is 0 Å².